The molecule has 7 heteroatoms. The molecule has 1 fully saturated rings. The van der Waals surface area contributed by atoms with Gasteiger partial charge in [0.1, 0.15) is 0 Å². The number of amides is 2. The zero-order valence-electron chi connectivity index (χ0n) is 14.6. The lowest BCUT2D eigenvalue weighted by Crippen LogP contribution is -2.32. The van der Waals surface area contributed by atoms with Gasteiger partial charge in [-0.15, -0.1) is 0 Å². The van der Waals surface area contributed by atoms with Crippen molar-refractivity contribution >= 4 is 44.3 Å². The molecule has 0 radical (unpaired) electrons. The predicted octanol–water partition coefficient (Wildman–Crippen LogP) is 3.36. The third-order valence-electron chi connectivity index (χ3n) is 4.89. The highest BCUT2D eigenvalue weighted by atomic mass is 79.9. The second-order valence-electron chi connectivity index (χ2n) is 6.79. The van der Waals surface area contributed by atoms with Gasteiger partial charge in [-0.05, 0) is 42.3 Å². The number of likely N-dealkylation sites (tertiary alicyclic amines) is 1. The minimum atomic E-state index is -0.182. The van der Waals surface area contributed by atoms with E-state index >= 15 is 0 Å². The Morgan fingerprint density at radius 1 is 1.22 bits per heavy atom. The molecule has 0 aliphatic carbocycles. The Morgan fingerprint density at radius 3 is 2.85 bits per heavy atom. The van der Waals surface area contributed by atoms with Crippen LogP contribution in [0.1, 0.15) is 12.0 Å². The zero-order chi connectivity index (χ0) is 18.8. The maximum Gasteiger partial charge on any atom is 0.229 e. The normalized spacial score (nSPS) is 16.6. The Balaban J connectivity index is 1.34. The summed E-state index contributed by atoms with van der Waals surface area (Å²) in [5.41, 5.74) is 2.65. The number of hydrogen-bond acceptors (Lipinski definition) is 3. The minimum Gasteiger partial charge on any atom is -0.342 e. The molecule has 3 aromatic rings. The maximum absolute atomic E-state index is 12.6. The molecule has 1 unspecified atom stereocenters. The molecule has 1 saturated heterocycles. The van der Waals surface area contributed by atoms with E-state index in [1.165, 1.54) is 0 Å². The highest BCUT2D eigenvalue weighted by Crippen LogP contribution is 2.22. The standard InChI is InChI=1S/C20H19BrN4O2/c21-16-3-1-13(2-4-16)9-19(26)25-8-7-14(12-25)20(27)23-17-5-6-18-15(10-17)11-22-24-18/h1-6,10-11,14H,7-9,12H2,(H,22,24)(H,23,27). The van der Waals surface area contributed by atoms with Gasteiger partial charge in [0.15, 0.2) is 0 Å². The Bertz CT molecular complexity index is 983. The molecule has 4 rings (SSSR count). The number of aromatic amines is 1. The first kappa shape index (κ1) is 17.7. The third kappa shape index (κ3) is 4.03. The SMILES string of the molecule is O=C(Nc1ccc2[nH]ncc2c1)C1CCN(C(=O)Cc2ccc(Br)cc2)C1. The van der Waals surface area contributed by atoms with Crippen molar-refractivity contribution in [2.45, 2.75) is 12.8 Å². The summed E-state index contributed by atoms with van der Waals surface area (Å²) in [7, 11) is 0. The molecule has 1 atom stereocenters. The quantitative estimate of drug-likeness (QED) is 0.671. The lowest BCUT2D eigenvalue weighted by molar-refractivity contribution is -0.129. The second-order valence-corrected chi connectivity index (χ2v) is 7.71. The van der Waals surface area contributed by atoms with E-state index < -0.39 is 0 Å². The number of hydrogen-bond donors (Lipinski definition) is 2. The molecule has 0 spiro atoms. The van der Waals surface area contributed by atoms with Crippen LogP contribution in [0.3, 0.4) is 0 Å². The molecule has 1 aliphatic heterocycles. The molecule has 138 valence electrons. The predicted molar refractivity (Wildman–Crippen MR) is 107 cm³/mol. The first-order chi connectivity index (χ1) is 13.1. The molecule has 2 aromatic carbocycles. The van der Waals surface area contributed by atoms with Crippen LogP contribution in [-0.2, 0) is 16.0 Å². The number of carbonyl (C=O) groups excluding carboxylic acids is 2. The van der Waals surface area contributed by atoms with Crippen LogP contribution in [0.4, 0.5) is 5.69 Å². The van der Waals surface area contributed by atoms with Crippen LogP contribution < -0.4 is 5.32 Å². The first-order valence-electron chi connectivity index (χ1n) is 8.85. The fourth-order valence-electron chi connectivity index (χ4n) is 3.35. The fourth-order valence-corrected chi connectivity index (χ4v) is 3.62. The summed E-state index contributed by atoms with van der Waals surface area (Å²) in [6.07, 6.45) is 2.77. The molecular formula is C20H19BrN4O2. The van der Waals surface area contributed by atoms with Crippen molar-refractivity contribution in [3.8, 4) is 0 Å². The van der Waals surface area contributed by atoms with Crippen molar-refractivity contribution in [1.29, 1.82) is 0 Å². The molecule has 0 bridgehead atoms. The van der Waals surface area contributed by atoms with E-state index in [9.17, 15) is 9.59 Å². The third-order valence-corrected chi connectivity index (χ3v) is 5.42. The molecule has 2 amide bonds. The summed E-state index contributed by atoms with van der Waals surface area (Å²) < 4.78 is 0.991. The number of fused-ring (bicyclic) bond motifs is 1. The minimum absolute atomic E-state index is 0.0446. The van der Waals surface area contributed by atoms with Crippen molar-refractivity contribution in [3.63, 3.8) is 0 Å². The number of nitrogens with one attached hydrogen (secondary N) is 2. The molecule has 0 saturated carbocycles. The summed E-state index contributed by atoms with van der Waals surface area (Å²) in [4.78, 5) is 26.9. The van der Waals surface area contributed by atoms with E-state index in [-0.39, 0.29) is 17.7 Å². The lowest BCUT2D eigenvalue weighted by Gasteiger charge is -2.16. The highest BCUT2D eigenvalue weighted by molar-refractivity contribution is 9.10. The van der Waals surface area contributed by atoms with E-state index in [0.717, 1.165) is 26.6 Å². The van der Waals surface area contributed by atoms with Gasteiger partial charge in [0.05, 0.1) is 24.1 Å². The van der Waals surface area contributed by atoms with Crippen molar-refractivity contribution in [2.24, 2.45) is 5.92 Å². The van der Waals surface area contributed by atoms with Crippen molar-refractivity contribution < 1.29 is 9.59 Å². The van der Waals surface area contributed by atoms with E-state index in [2.05, 4.69) is 31.4 Å². The number of rotatable bonds is 4. The van der Waals surface area contributed by atoms with Crippen LogP contribution in [-0.4, -0.2) is 40.0 Å². The summed E-state index contributed by atoms with van der Waals surface area (Å²) >= 11 is 3.39. The zero-order valence-corrected chi connectivity index (χ0v) is 16.2. The lowest BCUT2D eigenvalue weighted by atomic mass is 10.1. The van der Waals surface area contributed by atoms with Crippen LogP contribution in [0.5, 0.6) is 0 Å². The summed E-state index contributed by atoms with van der Waals surface area (Å²) in [5, 5.41) is 10.8. The van der Waals surface area contributed by atoms with Gasteiger partial charge in [0.25, 0.3) is 0 Å². The van der Waals surface area contributed by atoms with Crippen molar-refractivity contribution in [2.75, 3.05) is 18.4 Å². The van der Waals surface area contributed by atoms with Crippen LogP contribution >= 0.6 is 15.9 Å². The van der Waals surface area contributed by atoms with Gasteiger partial charge in [0, 0.05) is 28.6 Å². The molecule has 1 aromatic heterocycles. The van der Waals surface area contributed by atoms with Crippen molar-refractivity contribution in [3.05, 3.63) is 58.7 Å². The van der Waals surface area contributed by atoms with E-state index in [4.69, 9.17) is 0 Å². The van der Waals surface area contributed by atoms with E-state index in [0.29, 0.717) is 25.9 Å². The molecule has 27 heavy (non-hydrogen) atoms. The molecular weight excluding hydrogens is 408 g/mol. The fraction of sp³-hybridized carbons (Fsp3) is 0.250. The monoisotopic (exact) mass is 426 g/mol. The summed E-state index contributed by atoms with van der Waals surface area (Å²) in [6, 6.07) is 13.4. The second kappa shape index (κ2) is 7.52. The average Bonchev–Trinajstić information content (AvgIpc) is 3.32. The first-order valence-corrected chi connectivity index (χ1v) is 9.64. The summed E-state index contributed by atoms with van der Waals surface area (Å²) in [5.74, 6) is -0.164. The number of anilines is 1. The molecule has 1 aliphatic rings. The Labute approximate surface area is 165 Å². The van der Waals surface area contributed by atoms with Gasteiger partial charge in [-0.2, -0.15) is 5.10 Å². The molecule has 2 N–H and O–H groups in total. The van der Waals surface area contributed by atoms with Gasteiger partial charge in [-0.3, -0.25) is 14.7 Å². The maximum atomic E-state index is 12.6. The number of halogens is 1. The highest BCUT2D eigenvalue weighted by Gasteiger charge is 2.31. The van der Waals surface area contributed by atoms with Gasteiger partial charge in [0.2, 0.25) is 11.8 Å². The van der Waals surface area contributed by atoms with Crippen LogP contribution in [0, 0.1) is 5.92 Å². The van der Waals surface area contributed by atoms with Crippen LogP contribution in [0.15, 0.2) is 53.1 Å². The topological polar surface area (TPSA) is 78.1 Å². The summed E-state index contributed by atoms with van der Waals surface area (Å²) in [6.45, 7) is 1.09. The van der Waals surface area contributed by atoms with Crippen LogP contribution in [0.2, 0.25) is 0 Å². The van der Waals surface area contributed by atoms with Gasteiger partial charge >= 0.3 is 0 Å². The largest absolute Gasteiger partial charge is 0.342 e. The Morgan fingerprint density at radius 2 is 2.04 bits per heavy atom. The Hall–Kier alpha value is -2.67. The van der Waals surface area contributed by atoms with Gasteiger partial charge in [-0.25, -0.2) is 0 Å². The molecule has 2 heterocycles. The van der Waals surface area contributed by atoms with Crippen LogP contribution in [0.25, 0.3) is 10.9 Å². The average molecular weight is 427 g/mol. The smallest absolute Gasteiger partial charge is 0.229 e. The Kier molecular flexibility index (Phi) is 4.94. The number of carbonyl (C=O) groups is 2. The number of benzene rings is 2. The van der Waals surface area contributed by atoms with E-state index in [1.807, 2.05) is 42.5 Å². The number of aromatic nitrogens is 2. The number of H-pyrrole nitrogens is 1. The van der Waals surface area contributed by atoms with Crippen molar-refractivity contribution in [1.82, 2.24) is 15.1 Å². The molecule has 6 nitrogen and oxygen atoms in total. The van der Waals surface area contributed by atoms with E-state index in [1.54, 1.807) is 11.1 Å². The number of nitrogens with zero attached hydrogens (tertiary/aromatic N) is 2. The van der Waals surface area contributed by atoms with Gasteiger partial charge in [-0.1, -0.05) is 28.1 Å². The van der Waals surface area contributed by atoms with Gasteiger partial charge < -0.3 is 10.2 Å².